The van der Waals surface area contributed by atoms with Gasteiger partial charge in [-0.05, 0) is 289 Å². The molecule has 12 nitrogen and oxygen atoms in total. The third kappa shape index (κ3) is 15.5. The highest BCUT2D eigenvalue weighted by Gasteiger charge is 2.32. The Hall–Kier alpha value is -12.8. The Morgan fingerprint density at radius 3 is 0.912 bits per heavy atom. The van der Waals surface area contributed by atoms with Crippen LogP contribution in [0.2, 0.25) is 0 Å². The second kappa shape index (κ2) is 32.7. The first kappa shape index (κ1) is 84.4. The third-order valence-electron chi connectivity index (χ3n) is 26.0. The van der Waals surface area contributed by atoms with Crippen molar-refractivity contribution in [1.82, 2.24) is 19.9 Å². The standard InChI is InChI=1S/2C29H31N2O.C28H29N2O.C27H27N2O/c1-17-15-23-22-12-11-18(2)30-28(22)32-27(23)26(19(17)3)25-14-13-21-20(16-29(4,5)6)9-8-10-24(21)31(25)7;1-17-14-23-22-13-12-18(2)30-28(22)32-27(23)26(19(17)3)25-15-20(16-29(4,5)6)21-10-8-9-11-24(21)31(25)7;1-16(2)14-20-8-7-9-24-21(20)12-13-25(30(24)6)26-19(5)17(3)15-23-22-11-10-18(4)29-28(22)31-27(23)26;1-6-8-19-9-7-10-23-20(19)13-14-24(29(23)5)25-18(4)16(2)15-22-21-12-11-17(3)28-27(21)30-26(22)25/h2*8-15H,16H2,1-7H3;7-13,15-16H,14H2,1-6H3;7,9-15H,6,8H2,1-5H3/q4*+1. The Morgan fingerprint density at radius 1 is 0.288 bits per heavy atom. The number of aromatic nitrogens is 8. The monoisotopic (exact) mass is 1650 g/mol. The fraction of sp³-hybridized carbons (Fsp3) is 0.292. The van der Waals surface area contributed by atoms with Crippen molar-refractivity contribution in [2.24, 2.45) is 44.9 Å². The minimum absolute atomic E-state index is 0.192. The van der Waals surface area contributed by atoms with Crippen molar-refractivity contribution in [3.05, 3.63) is 284 Å². The minimum atomic E-state index is 0.192. The van der Waals surface area contributed by atoms with E-state index in [0.717, 1.165) is 154 Å². The summed E-state index contributed by atoms with van der Waals surface area (Å²) in [6.07, 6.45) is 5.38. The molecule has 8 aromatic carbocycles. The van der Waals surface area contributed by atoms with Crippen LogP contribution in [0.15, 0.2) is 212 Å². The summed E-state index contributed by atoms with van der Waals surface area (Å²) in [7, 11) is 8.65. The molecule has 0 aliphatic heterocycles. The molecule has 0 saturated carbocycles. The van der Waals surface area contributed by atoms with Gasteiger partial charge in [0.25, 0.3) is 0 Å². The van der Waals surface area contributed by atoms with Crippen molar-refractivity contribution in [1.29, 1.82) is 0 Å². The van der Waals surface area contributed by atoms with Crippen LogP contribution in [0.1, 0.15) is 158 Å². The molecule has 0 radical (unpaired) electrons. The third-order valence-corrected chi connectivity index (χ3v) is 26.0. The molecule has 0 fully saturated rings. The van der Waals surface area contributed by atoms with E-state index in [0.29, 0.717) is 28.8 Å². The molecular weight excluding hydrogens is 1530 g/mol. The van der Waals surface area contributed by atoms with Crippen LogP contribution in [0.5, 0.6) is 0 Å². The zero-order valence-electron chi connectivity index (χ0n) is 77.8. The molecule has 12 heteroatoms. The molecular formula is C113H118N8O4+4. The molecule has 0 aliphatic carbocycles. The van der Waals surface area contributed by atoms with Gasteiger partial charge in [-0.2, -0.15) is 18.3 Å². The fourth-order valence-corrected chi connectivity index (χ4v) is 19.2. The number of furan rings is 4. The van der Waals surface area contributed by atoms with E-state index in [1.165, 1.54) is 122 Å². The van der Waals surface area contributed by atoms with Crippen LogP contribution in [0, 0.1) is 99.8 Å². The van der Waals surface area contributed by atoms with E-state index in [9.17, 15) is 0 Å². The van der Waals surface area contributed by atoms with Crippen LogP contribution in [-0.2, 0) is 53.9 Å². The van der Waals surface area contributed by atoms with Crippen LogP contribution in [0.3, 0.4) is 0 Å². The predicted molar refractivity (Wildman–Crippen MR) is 518 cm³/mol. The predicted octanol–water partition coefficient (Wildman–Crippen LogP) is 27.5. The Balaban J connectivity index is 0.000000118. The molecule has 12 heterocycles. The molecule has 0 spiro atoms. The van der Waals surface area contributed by atoms with Crippen LogP contribution in [0.25, 0.3) is 177 Å². The Morgan fingerprint density at radius 2 is 0.568 bits per heavy atom. The average molecular weight is 1650 g/mol. The first-order valence-electron chi connectivity index (χ1n) is 44.5. The number of hydrogen-bond donors (Lipinski definition) is 0. The van der Waals surface area contributed by atoms with Gasteiger partial charge in [0.1, 0.15) is 28.2 Å². The Labute approximate surface area is 734 Å². The SMILES string of the molecule is CCCc1cccc2c1ccc(-c1c(C)c(C)cc3c1oc1nc(C)ccc13)[n+]2C.Cc1ccc2c(n1)oc1c(-c3cc(CC(C)(C)C)c4ccccc4[n+]3C)c(C)c(C)cc12.Cc1ccc2c(n1)oc1c(-c3ccc4c(CC(C)(C)C)cccc4[n+]3C)c(C)c(C)cc12.Cc1ccc2c(n1)oc1c(-c3ccc4c(CC(C)C)cccc4[n+]3C)c(C)c(C)cc12. The van der Waals surface area contributed by atoms with Gasteiger partial charge in [0, 0.05) is 136 Å². The second-order valence-corrected chi connectivity index (χ2v) is 38.2. The van der Waals surface area contributed by atoms with Crippen molar-refractivity contribution < 1.29 is 35.9 Å². The summed E-state index contributed by atoms with van der Waals surface area (Å²) in [6, 6.07) is 70.3. The minimum Gasteiger partial charge on any atom is -0.437 e. The molecule has 0 unspecified atom stereocenters. The lowest BCUT2D eigenvalue weighted by atomic mass is 9.85. The first-order valence-corrected chi connectivity index (χ1v) is 44.5. The highest BCUT2D eigenvalue weighted by molar-refractivity contribution is 6.13. The Kier molecular flexibility index (Phi) is 22.1. The smallest absolute Gasteiger partial charge is 0.227 e. The molecule has 0 atom stereocenters. The van der Waals surface area contributed by atoms with E-state index in [1.807, 2.05) is 27.7 Å². The van der Waals surface area contributed by atoms with Gasteiger partial charge < -0.3 is 17.7 Å². The average Bonchev–Trinajstić information content (AvgIpc) is 1.63. The maximum Gasteiger partial charge on any atom is 0.227 e. The number of para-hydroxylation sites is 1. The second-order valence-electron chi connectivity index (χ2n) is 38.2. The maximum atomic E-state index is 6.44. The zero-order chi connectivity index (χ0) is 88.4. The van der Waals surface area contributed by atoms with Gasteiger partial charge in [0.2, 0.25) is 67.7 Å². The summed E-state index contributed by atoms with van der Waals surface area (Å²) >= 11 is 0. The topological polar surface area (TPSA) is 120 Å². The van der Waals surface area contributed by atoms with Gasteiger partial charge in [0.05, 0.1) is 22.3 Å². The summed E-state index contributed by atoms with van der Waals surface area (Å²) in [5.41, 5.74) is 40.7. The molecule has 125 heavy (non-hydrogen) atoms. The number of rotatable bonds is 10. The first-order chi connectivity index (χ1) is 59.6. The van der Waals surface area contributed by atoms with E-state index in [4.69, 9.17) is 17.7 Å². The molecule has 0 saturated heterocycles. The molecule has 12 aromatic heterocycles. The van der Waals surface area contributed by atoms with Gasteiger partial charge in [-0.15, -0.1) is 0 Å². The maximum absolute atomic E-state index is 6.44. The van der Waals surface area contributed by atoms with E-state index >= 15 is 0 Å². The molecule has 0 bridgehead atoms. The van der Waals surface area contributed by atoms with Gasteiger partial charge in [0.15, 0.2) is 22.3 Å². The van der Waals surface area contributed by atoms with Gasteiger partial charge >= 0.3 is 0 Å². The summed E-state index contributed by atoms with van der Waals surface area (Å²) in [4.78, 5) is 18.6. The van der Waals surface area contributed by atoms with Crippen LogP contribution in [0.4, 0.5) is 0 Å². The number of pyridine rings is 8. The lowest BCUT2D eigenvalue weighted by Crippen LogP contribution is -2.33. The quantitative estimate of drug-likeness (QED) is 0.124. The van der Waals surface area contributed by atoms with Crippen LogP contribution >= 0.6 is 0 Å². The van der Waals surface area contributed by atoms with Crippen molar-refractivity contribution in [2.75, 3.05) is 0 Å². The normalized spacial score (nSPS) is 12.1. The lowest BCUT2D eigenvalue weighted by Gasteiger charge is -2.20. The van der Waals surface area contributed by atoms with E-state index in [1.54, 1.807) is 0 Å². The number of aryl methyl sites for hydroxylation is 13. The van der Waals surface area contributed by atoms with E-state index in [2.05, 4.69) is 378 Å². The molecule has 20 rings (SSSR count). The van der Waals surface area contributed by atoms with Gasteiger partial charge in [-0.1, -0.05) is 117 Å². The zero-order valence-corrected chi connectivity index (χ0v) is 77.8. The van der Waals surface area contributed by atoms with Crippen molar-refractivity contribution in [3.63, 3.8) is 0 Å². The molecule has 20 aromatic rings. The highest BCUT2D eigenvalue weighted by Crippen LogP contribution is 2.45. The summed E-state index contributed by atoms with van der Waals surface area (Å²) in [5, 5.41) is 14.1. The number of nitrogens with zero attached hydrogens (tertiary/aromatic N) is 8. The highest BCUT2D eigenvalue weighted by atomic mass is 16.4. The van der Waals surface area contributed by atoms with Crippen molar-refractivity contribution in [2.45, 2.75) is 178 Å². The van der Waals surface area contributed by atoms with E-state index < -0.39 is 0 Å². The molecule has 630 valence electrons. The fourth-order valence-electron chi connectivity index (χ4n) is 19.2. The Bertz CT molecular complexity index is 7760. The summed E-state index contributed by atoms with van der Waals surface area (Å²) < 4.78 is 34.8. The largest absolute Gasteiger partial charge is 0.437 e. The van der Waals surface area contributed by atoms with Crippen molar-refractivity contribution >= 4 is 132 Å². The number of hydrogen-bond acceptors (Lipinski definition) is 8. The van der Waals surface area contributed by atoms with Crippen LogP contribution in [-0.4, -0.2) is 19.9 Å². The number of benzene rings is 8. The molecule has 0 amide bonds. The van der Waals surface area contributed by atoms with Crippen LogP contribution < -0.4 is 18.3 Å². The van der Waals surface area contributed by atoms with Gasteiger partial charge in [-0.25, -0.2) is 19.9 Å². The number of fused-ring (bicyclic) bond motifs is 16. The van der Waals surface area contributed by atoms with Gasteiger partial charge in [-0.3, -0.25) is 0 Å². The van der Waals surface area contributed by atoms with Crippen molar-refractivity contribution in [3.8, 4) is 45.0 Å². The van der Waals surface area contributed by atoms with E-state index in [-0.39, 0.29) is 10.8 Å². The summed E-state index contributed by atoms with van der Waals surface area (Å²) in [6.45, 7) is 46.1. The summed E-state index contributed by atoms with van der Waals surface area (Å²) in [5.74, 6) is 0.626. The lowest BCUT2D eigenvalue weighted by molar-refractivity contribution is -0.633. The molecule has 0 aliphatic rings. The molecule has 0 N–H and O–H groups in total.